The van der Waals surface area contributed by atoms with Crippen LogP contribution in [-0.2, 0) is 11.8 Å². The third-order valence-corrected chi connectivity index (χ3v) is 2.71. The summed E-state index contributed by atoms with van der Waals surface area (Å²) >= 11 is 0. The Bertz CT molecular complexity index is 484. The molecule has 6 heteroatoms. The second-order valence-electron chi connectivity index (χ2n) is 3.99. The monoisotopic (exact) mass is 219 g/mol. The van der Waals surface area contributed by atoms with Gasteiger partial charge in [0.2, 0.25) is 5.91 Å². The van der Waals surface area contributed by atoms with E-state index in [1.807, 2.05) is 0 Å². The van der Waals surface area contributed by atoms with Gasteiger partial charge in [0, 0.05) is 26.1 Å². The summed E-state index contributed by atoms with van der Waals surface area (Å²) in [5, 5.41) is 13.2. The highest BCUT2D eigenvalue weighted by atomic mass is 16.2. The second-order valence-corrected chi connectivity index (χ2v) is 3.99. The lowest BCUT2D eigenvalue weighted by Gasteiger charge is -2.16. The number of aromatic nitrogens is 2. The van der Waals surface area contributed by atoms with Gasteiger partial charge in [-0.25, -0.2) is 0 Å². The summed E-state index contributed by atoms with van der Waals surface area (Å²) in [6, 6.07) is 1.92. The summed E-state index contributed by atoms with van der Waals surface area (Å²) < 4.78 is 1.56. The van der Waals surface area contributed by atoms with Crippen molar-refractivity contribution in [2.75, 3.05) is 11.4 Å². The molecular formula is C10H13N5O. The van der Waals surface area contributed by atoms with Crippen molar-refractivity contribution in [2.24, 2.45) is 12.8 Å². The van der Waals surface area contributed by atoms with Gasteiger partial charge in [0.05, 0.1) is 5.69 Å². The first-order chi connectivity index (χ1) is 7.54. The van der Waals surface area contributed by atoms with Gasteiger partial charge in [0.25, 0.3) is 0 Å². The van der Waals surface area contributed by atoms with Crippen LogP contribution in [0.15, 0.2) is 0 Å². The molecule has 1 aromatic heterocycles. The third kappa shape index (κ3) is 1.46. The van der Waals surface area contributed by atoms with Crippen LogP contribution in [0.25, 0.3) is 0 Å². The van der Waals surface area contributed by atoms with Crippen molar-refractivity contribution in [3.8, 4) is 6.07 Å². The normalized spacial score (nSPS) is 20.2. The summed E-state index contributed by atoms with van der Waals surface area (Å²) in [6.07, 6.45) is 0.328. The number of hydrogen-bond donors (Lipinski definition) is 1. The van der Waals surface area contributed by atoms with Crippen molar-refractivity contribution in [3.05, 3.63) is 11.3 Å². The molecule has 1 fully saturated rings. The summed E-state index contributed by atoms with van der Waals surface area (Å²) in [5.74, 6) is 0.505. The Morgan fingerprint density at radius 1 is 1.62 bits per heavy atom. The Hall–Kier alpha value is -1.87. The van der Waals surface area contributed by atoms with Crippen LogP contribution in [0.4, 0.5) is 5.82 Å². The lowest BCUT2D eigenvalue weighted by Crippen LogP contribution is -2.30. The van der Waals surface area contributed by atoms with E-state index >= 15 is 0 Å². The Morgan fingerprint density at radius 3 is 2.81 bits per heavy atom. The van der Waals surface area contributed by atoms with Crippen LogP contribution >= 0.6 is 0 Å². The largest absolute Gasteiger partial charge is 0.326 e. The molecule has 0 bridgehead atoms. The first-order valence-electron chi connectivity index (χ1n) is 5.04. The molecule has 1 unspecified atom stereocenters. The summed E-state index contributed by atoms with van der Waals surface area (Å²) in [6.45, 7) is 2.20. The van der Waals surface area contributed by atoms with Gasteiger partial charge in [-0.2, -0.15) is 10.4 Å². The van der Waals surface area contributed by atoms with E-state index in [0.29, 0.717) is 30.0 Å². The first-order valence-corrected chi connectivity index (χ1v) is 5.04. The van der Waals surface area contributed by atoms with Crippen LogP contribution in [-0.4, -0.2) is 28.3 Å². The molecule has 2 rings (SSSR count). The van der Waals surface area contributed by atoms with Gasteiger partial charge in [-0.15, -0.1) is 0 Å². The molecule has 0 radical (unpaired) electrons. The lowest BCUT2D eigenvalue weighted by molar-refractivity contribution is -0.117. The zero-order chi connectivity index (χ0) is 11.9. The second kappa shape index (κ2) is 3.61. The SMILES string of the molecule is Cc1nn(C)c(N2CC(N)CC2=O)c1C#N. The van der Waals surface area contributed by atoms with Crippen LogP contribution in [0.3, 0.4) is 0 Å². The van der Waals surface area contributed by atoms with E-state index in [2.05, 4.69) is 11.2 Å². The Labute approximate surface area is 93.2 Å². The number of aryl methyl sites for hydroxylation is 2. The van der Waals surface area contributed by atoms with Crippen LogP contribution in [0.2, 0.25) is 0 Å². The Balaban J connectivity index is 2.49. The maximum absolute atomic E-state index is 11.7. The summed E-state index contributed by atoms with van der Waals surface area (Å²) in [4.78, 5) is 13.3. The minimum atomic E-state index is -0.158. The number of nitrogens with zero attached hydrogens (tertiary/aromatic N) is 4. The number of carbonyl (C=O) groups excluding carboxylic acids is 1. The molecule has 1 saturated heterocycles. The van der Waals surface area contributed by atoms with Crippen molar-refractivity contribution in [2.45, 2.75) is 19.4 Å². The number of amides is 1. The molecule has 1 aromatic rings. The van der Waals surface area contributed by atoms with Gasteiger partial charge in [-0.1, -0.05) is 0 Å². The van der Waals surface area contributed by atoms with Crippen molar-refractivity contribution >= 4 is 11.7 Å². The number of hydrogen-bond acceptors (Lipinski definition) is 4. The Morgan fingerprint density at radius 2 is 2.31 bits per heavy atom. The topological polar surface area (TPSA) is 87.9 Å². The van der Waals surface area contributed by atoms with E-state index in [9.17, 15) is 4.79 Å². The quantitative estimate of drug-likeness (QED) is 0.700. The van der Waals surface area contributed by atoms with E-state index in [0.717, 1.165) is 0 Å². The molecule has 1 aliphatic heterocycles. The molecular weight excluding hydrogens is 206 g/mol. The number of carbonyl (C=O) groups is 1. The minimum absolute atomic E-state index is 0.0491. The van der Waals surface area contributed by atoms with Crippen LogP contribution in [0, 0.1) is 18.3 Å². The number of rotatable bonds is 1. The van der Waals surface area contributed by atoms with Crippen LogP contribution in [0.1, 0.15) is 17.7 Å². The molecule has 2 heterocycles. The van der Waals surface area contributed by atoms with Crippen LogP contribution < -0.4 is 10.6 Å². The molecule has 2 N–H and O–H groups in total. The molecule has 0 spiro atoms. The maximum Gasteiger partial charge on any atom is 0.229 e. The highest BCUT2D eigenvalue weighted by Crippen LogP contribution is 2.26. The average molecular weight is 219 g/mol. The predicted octanol–water partition coefficient (Wildman–Crippen LogP) is -0.336. The third-order valence-electron chi connectivity index (χ3n) is 2.71. The van der Waals surface area contributed by atoms with Gasteiger partial charge in [0.15, 0.2) is 5.82 Å². The van der Waals surface area contributed by atoms with Gasteiger partial charge < -0.3 is 5.73 Å². The molecule has 1 amide bonds. The maximum atomic E-state index is 11.7. The van der Waals surface area contributed by atoms with Gasteiger partial charge in [0.1, 0.15) is 11.6 Å². The zero-order valence-electron chi connectivity index (χ0n) is 9.27. The molecule has 1 atom stereocenters. The summed E-state index contributed by atoms with van der Waals surface area (Å²) in [5.41, 5.74) is 6.81. The number of anilines is 1. The molecule has 84 valence electrons. The first kappa shape index (κ1) is 10.6. The minimum Gasteiger partial charge on any atom is -0.326 e. The summed E-state index contributed by atoms with van der Waals surface area (Å²) in [7, 11) is 1.72. The Kier molecular flexibility index (Phi) is 2.40. The van der Waals surface area contributed by atoms with Crippen molar-refractivity contribution in [1.29, 1.82) is 5.26 Å². The standard InChI is InChI=1S/C10H13N5O/c1-6-8(4-11)10(14(2)13-6)15-5-7(12)3-9(15)16/h7H,3,5,12H2,1-2H3. The van der Waals surface area contributed by atoms with Gasteiger partial charge in [-0.05, 0) is 6.92 Å². The fraction of sp³-hybridized carbons (Fsp3) is 0.500. The molecule has 0 saturated carbocycles. The molecule has 0 aliphatic carbocycles. The molecule has 1 aliphatic rings. The van der Waals surface area contributed by atoms with E-state index in [-0.39, 0.29) is 11.9 Å². The molecule has 16 heavy (non-hydrogen) atoms. The van der Waals surface area contributed by atoms with E-state index in [1.165, 1.54) is 0 Å². The lowest BCUT2D eigenvalue weighted by atomic mass is 10.2. The van der Waals surface area contributed by atoms with Gasteiger partial charge in [-0.3, -0.25) is 14.4 Å². The van der Waals surface area contributed by atoms with E-state index in [1.54, 1.807) is 23.6 Å². The smallest absolute Gasteiger partial charge is 0.229 e. The fourth-order valence-electron chi connectivity index (χ4n) is 2.03. The van der Waals surface area contributed by atoms with Gasteiger partial charge >= 0.3 is 0 Å². The van der Waals surface area contributed by atoms with Crippen LogP contribution in [0.5, 0.6) is 0 Å². The number of nitriles is 1. The zero-order valence-corrected chi connectivity index (χ0v) is 9.27. The number of nitrogens with two attached hydrogens (primary N) is 1. The van der Waals surface area contributed by atoms with E-state index < -0.39 is 0 Å². The van der Waals surface area contributed by atoms with Crippen molar-refractivity contribution in [1.82, 2.24) is 9.78 Å². The average Bonchev–Trinajstić information content (AvgIpc) is 2.66. The van der Waals surface area contributed by atoms with Crippen molar-refractivity contribution < 1.29 is 4.79 Å². The molecule has 6 nitrogen and oxygen atoms in total. The predicted molar refractivity (Wildman–Crippen MR) is 57.6 cm³/mol. The highest BCUT2D eigenvalue weighted by Gasteiger charge is 2.32. The van der Waals surface area contributed by atoms with Crippen molar-refractivity contribution in [3.63, 3.8) is 0 Å². The molecule has 0 aromatic carbocycles. The fourth-order valence-corrected chi connectivity index (χ4v) is 2.03. The highest BCUT2D eigenvalue weighted by molar-refractivity contribution is 5.96. The van der Waals surface area contributed by atoms with E-state index in [4.69, 9.17) is 11.0 Å².